The van der Waals surface area contributed by atoms with Gasteiger partial charge in [-0.2, -0.15) is 0 Å². The highest BCUT2D eigenvalue weighted by molar-refractivity contribution is 5.71. The van der Waals surface area contributed by atoms with Crippen LogP contribution in [0.3, 0.4) is 0 Å². The largest absolute Gasteiger partial charge is 0.493 e. The maximum absolute atomic E-state index is 11.7. The van der Waals surface area contributed by atoms with E-state index in [1.54, 1.807) is 36.4 Å². The molecule has 10 heteroatoms. The van der Waals surface area contributed by atoms with Gasteiger partial charge < -0.3 is 28.4 Å². The molecule has 0 aliphatic rings. The summed E-state index contributed by atoms with van der Waals surface area (Å²) in [7, 11) is 2.94. The highest BCUT2D eigenvalue weighted by Gasteiger charge is 2.26. The molecule has 0 N–H and O–H groups in total. The van der Waals surface area contributed by atoms with Gasteiger partial charge in [0.15, 0.2) is 23.0 Å². The van der Waals surface area contributed by atoms with E-state index in [2.05, 4.69) is 0 Å². The fourth-order valence-electron chi connectivity index (χ4n) is 3.93. The topological polar surface area (TPSA) is 124 Å². The summed E-state index contributed by atoms with van der Waals surface area (Å²) in [6.45, 7) is 5.42. The number of ether oxygens (including phenoxy) is 6. The number of methoxy groups -OCH3 is 2. The van der Waals surface area contributed by atoms with E-state index in [4.69, 9.17) is 28.4 Å². The third kappa shape index (κ3) is 9.76. The van der Waals surface area contributed by atoms with Crippen molar-refractivity contribution in [1.29, 1.82) is 0 Å². The minimum Gasteiger partial charge on any atom is -0.493 e. The highest BCUT2D eigenvalue weighted by atomic mass is 16.6. The summed E-state index contributed by atoms with van der Waals surface area (Å²) in [6, 6.07) is 10.4. The van der Waals surface area contributed by atoms with Crippen molar-refractivity contribution in [3.8, 4) is 23.0 Å². The van der Waals surface area contributed by atoms with Crippen LogP contribution in [0.5, 0.6) is 23.0 Å². The van der Waals surface area contributed by atoms with Crippen molar-refractivity contribution in [1.82, 2.24) is 0 Å². The molecule has 0 radical (unpaired) electrons. The third-order valence-electron chi connectivity index (χ3n) is 5.63. The minimum absolute atomic E-state index is 0.0813. The maximum atomic E-state index is 11.7. The van der Waals surface area contributed by atoms with E-state index in [1.165, 1.54) is 41.9 Å². The average Bonchev–Trinajstić information content (AvgIpc) is 2.85. The van der Waals surface area contributed by atoms with E-state index in [9.17, 15) is 19.2 Å². The van der Waals surface area contributed by atoms with Gasteiger partial charge in [-0.05, 0) is 48.2 Å². The molecule has 0 amide bonds. The summed E-state index contributed by atoms with van der Waals surface area (Å²) in [6.07, 6.45) is 0.886. The Kier molecular flexibility index (Phi) is 11.6. The van der Waals surface area contributed by atoms with Crippen LogP contribution in [0, 0.1) is 11.8 Å². The molecule has 0 saturated carbocycles. The second-order valence-electron chi connectivity index (χ2n) is 8.69. The third-order valence-corrected chi connectivity index (χ3v) is 5.63. The van der Waals surface area contributed by atoms with Crippen LogP contribution in [0.2, 0.25) is 0 Å². The lowest BCUT2D eigenvalue weighted by atomic mass is 9.83. The number of carbonyl (C=O) groups excluding carboxylic acids is 4. The predicted octanol–water partition coefficient (Wildman–Crippen LogP) is 3.70. The smallest absolute Gasteiger partial charge is 0.308 e. The second kappa shape index (κ2) is 14.6. The van der Waals surface area contributed by atoms with Crippen molar-refractivity contribution in [2.24, 2.45) is 11.8 Å². The van der Waals surface area contributed by atoms with Gasteiger partial charge in [-0.25, -0.2) is 0 Å². The van der Waals surface area contributed by atoms with Gasteiger partial charge in [0.1, 0.15) is 0 Å². The lowest BCUT2D eigenvalue weighted by Crippen LogP contribution is -2.29. The molecule has 2 aromatic carbocycles. The summed E-state index contributed by atoms with van der Waals surface area (Å²) in [4.78, 5) is 46.1. The molecule has 0 fully saturated rings. The first-order valence-electron chi connectivity index (χ1n) is 12.0. The van der Waals surface area contributed by atoms with E-state index >= 15 is 0 Å². The number of hydrogen-bond donors (Lipinski definition) is 0. The summed E-state index contributed by atoms with van der Waals surface area (Å²) >= 11 is 0. The number of rotatable bonds is 13. The van der Waals surface area contributed by atoms with Gasteiger partial charge in [-0.3, -0.25) is 19.2 Å². The normalized spacial score (nSPS) is 12.1. The Morgan fingerprint density at radius 2 is 0.947 bits per heavy atom. The number of carbonyl (C=O) groups is 4. The lowest BCUT2D eigenvalue weighted by Gasteiger charge is -2.27. The molecule has 0 saturated heterocycles. The molecule has 0 aliphatic carbocycles. The number of esters is 4. The fourth-order valence-corrected chi connectivity index (χ4v) is 3.93. The van der Waals surface area contributed by atoms with Crippen LogP contribution < -0.4 is 18.9 Å². The number of hydrogen-bond acceptors (Lipinski definition) is 10. The molecule has 206 valence electrons. The molecular weight excluding hydrogens is 496 g/mol. The van der Waals surface area contributed by atoms with Crippen molar-refractivity contribution >= 4 is 23.9 Å². The first-order valence-corrected chi connectivity index (χ1v) is 12.0. The van der Waals surface area contributed by atoms with E-state index in [0.717, 1.165) is 11.1 Å². The van der Waals surface area contributed by atoms with Crippen LogP contribution in [-0.2, 0) is 41.5 Å². The Morgan fingerprint density at radius 1 is 0.579 bits per heavy atom. The summed E-state index contributed by atoms with van der Waals surface area (Å²) < 4.78 is 31.9. The van der Waals surface area contributed by atoms with Crippen LogP contribution in [0.1, 0.15) is 38.8 Å². The molecular formula is C28H34O10. The molecule has 0 heterocycles. The Bertz CT molecular complexity index is 1050. The summed E-state index contributed by atoms with van der Waals surface area (Å²) in [5.41, 5.74) is 1.68. The maximum Gasteiger partial charge on any atom is 0.308 e. The first kappa shape index (κ1) is 30.1. The summed E-state index contributed by atoms with van der Waals surface area (Å²) in [5, 5.41) is 0. The van der Waals surface area contributed by atoms with Gasteiger partial charge in [0.2, 0.25) is 0 Å². The predicted molar refractivity (Wildman–Crippen MR) is 136 cm³/mol. The molecule has 0 aromatic heterocycles. The molecule has 2 unspecified atom stereocenters. The van der Waals surface area contributed by atoms with Gasteiger partial charge in [0, 0.05) is 39.5 Å². The average molecular weight is 531 g/mol. The van der Waals surface area contributed by atoms with Gasteiger partial charge in [0.05, 0.1) is 27.4 Å². The fraction of sp³-hybridized carbons (Fsp3) is 0.429. The molecule has 0 bridgehead atoms. The van der Waals surface area contributed by atoms with Crippen LogP contribution in [-0.4, -0.2) is 51.3 Å². The molecule has 38 heavy (non-hydrogen) atoms. The Balaban J connectivity index is 2.40. The number of benzene rings is 2. The van der Waals surface area contributed by atoms with E-state index in [1.807, 2.05) is 0 Å². The summed E-state index contributed by atoms with van der Waals surface area (Å²) in [5.74, 6) is -0.997. The van der Waals surface area contributed by atoms with E-state index in [-0.39, 0.29) is 36.5 Å². The van der Waals surface area contributed by atoms with Gasteiger partial charge in [-0.15, -0.1) is 0 Å². The first-order chi connectivity index (χ1) is 18.0. The van der Waals surface area contributed by atoms with Gasteiger partial charge >= 0.3 is 23.9 Å². The standard InChI is InChI=1S/C28H34O10/c1-17(29)35-15-23(11-21-7-9-25(37-19(3)31)27(13-21)33-5)24(16-36-18(2)30)12-22-8-10-26(38-20(4)32)28(14-22)34-6/h7-10,13-14,23-24H,11-12,15-16H2,1-6H3. The molecule has 2 aromatic rings. The molecule has 0 aliphatic heterocycles. The highest BCUT2D eigenvalue weighted by Crippen LogP contribution is 2.33. The van der Waals surface area contributed by atoms with E-state index in [0.29, 0.717) is 24.3 Å². The van der Waals surface area contributed by atoms with Crippen molar-refractivity contribution in [2.75, 3.05) is 27.4 Å². The lowest BCUT2D eigenvalue weighted by molar-refractivity contribution is -0.147. The van der Waals surface area contributed by atoms with Crippen LogP contribution in [0.25, 0.3) is 0 Å². The molecule has 2 rings (SSSR count). The van der Waals surface area contributed by atoms with E-state index < -0.39 is 23.9 Å². The SMILES string of the molecule is COc1cc(CC(COC(C)=O)C(COC(C)=O)Cc2ccc(OC(C)=O)c(OC)c2)ccc1OC(C)=O. The monoisotopic (exact) mass is 530 g/mol. The zero-order chi connectivity index (χ0) is 28.2. The van der Waals surface area contributed by atoms with Crippen molar-refractivity contribution < 1.29 is 47.6 Å². The van der Waals surface area contributed by atoms with Crippen molar-refractivity contribution in [3.63, 3.8) is 0 Å². The Hall–Kier alpha value is -4.08. The van der Waals surface area contributed by atoms with Crippen LogP contribution in [0.4, 0.5) is 0 Å². The molecule has 0 spiro atoms. The quantitative estimate of drug-likeness (QED) is 0.280. The second-order valence-corrected chi connectivity index (χ2v) is 8.69. The molecule has 2 atom stereocenters. The van der Waals surface area contributed by atoms with Crippen LogP contribution >= 0.6 is 0 Å². The van der Waals surface area contributed by atoms with Crippen molar-refractivity contribution in [3.05, 3.63) is 47.5 Å². The van der Waals surface area contributed by atoms with Gasteiger partial charge in [0.25, 0.3) is 0 Å². The zero-order valence-corrected chi connectivity index (χ0v) is 22.5. The molecule has 10 nitrogen and oxygen atoms in total. The zero-order valence-electron chi connectivity index (χ0n) is 22.5. The Labute approximate surface area is 222 Å². The van der Waals surface area contributed by atoms with Crippen molar-refractivity contribution in [2.45, 2.75) is 40.5 Å². The minimum atomic E-state index is -0.472. The Morgan fingerprint density at radius 3 is 1.24 bits per heavy atom. The van der Waals surface area contributed by atoms with Crippen LogP contribution in [0.15, 0.2) is 36.4 Å². The van der Waals surface area contributed by atoms with Gasteiger partial charge in [-0.1, -0.05) is 12.1 Å².